The second-order valence-corrected chi connectivity index (χ2v) is 4.71. The standard InChI is InChI=1S/C13H15F2NO2/c14-13(15)4-1-5-16(9-13)10-2-3-11-12(8-10)18-7-6-17-11/h2-3,8H,1,4-7,9H2. The molecule has 3 rings (SSSR count). The lowest BCUT2D eigenvalue weighted by atomic mass is 10.1. The smallest absolute Gasteiger partial charge is 0.265 e. The van der Waals surface area contributed by atoms with E-state index in [0.717, 1.165) is 5.69 Å². The molecular formula is C13H15F2NO2. The highest BCUT2D eigenvalue weighted by Crippen LogP contribution is 2.36. The molecular weight excluding hydrogens is 240 g/mol. The Bertz CT molecular complexity index is 451. The molecule has 0 saturated carbocycles. The summed E-state index contributed by atoms with van der Waals surface area (Å²) in [5, 5.41) is 0. The number of rotatable bonds is 1. The molecule has 3 nitrogen and oxygen atoms in total. The Morgan fingerprint density at radius 3 is 2.67 bits per heavy atom. The lowest BCUT2D eigenvalue weighted by molar-refractivity contribution is -0.0116. The van der Waals surface area contributed by atoms with Crippen molar-refractivity contribution in [1.29, 1.82) is 0 Å². The van der Waals surface area contributed by atoms with Crippen LogP contribution in [0, 0.1) is 0 Å². The molecule has 18 heavy (non-hydrogen) atoms. The maximum absolute atomic E-state index is 13.4. The van der Waals surface area contributed by atoms with Crippen LogP contribution in [0.4, 0.5) is 14.5 Å². The van der Waals surface area contributed by atoms with E-state index >= 15 is 0 Å². The quantitative estimate of drug-likeness (QED) is 0.770. The molecule has 2 heterocycles. The number of halogens is 2. The monoisotopic (exact) mass is 255 g/mol. The Hall–Kier alpha value is -1.52. The van der Waals surface area contributed by atoms with Gasteiger partial charge in [0.1, 0.15) is 13.2 Å². The van der Waals surface area contributed by atoms with Gasteiger partial charge in [0, 0.05) is 24.7 Å². The second kappa shape index (κ2) is 4.30. The minimum atomic E-state index is -2.59. The van der Waals surface area contributed by atoms with Crippen LogP contribution in [0.5, 0.6) is 11.5 Å². The van der Waals surface area contributed by atoms with E-state index in [-0.39, 0.29) is 13.0 Å². The summed E-state index contributed by atoms with van der Waals surface area (Å²) < 4.78 is 37.6. The minimum Gasteiger partial charge on any atom is -0.486 e. The molecule has 1 fully saturated rings. The van der Waals surface area contributed by atoms with Gasteiger partial charge < -0.3 is 14.4 Å². The van der Waals surface area contributed by atoms with Crippen molar-refractivity contribution in [1.82, 2.24) is 0 Å². The Morgan fingerprint density at radius 1 is 1.11 bits per heavy atom. The largest absolute Gasteiger partial charge is 0.486 e. The van der Waals surface area contributed by atoms with Gasteiger partial charge >= 0.3 is 0 Å². The van der Waals surface area contributed by atoms with E-state index in [9.17, 15) is 8.78 Å². The first-order valence-corrected chi connectivity index (χ1v) is 6.16. The number of ether oxygens (including phenoxy) is 2. The highest BCUT2D eigenvalue weighted by molar-refractivity contribution is 5.57. The molecule has 2 aliphatic rings. The first-order chi connectivity index (χ1) is 8.64. The van der Waals surface area contributed by atoms with Crippen molar-refractivity contribution in [3.63, 3.8) is 0 Å². The summed E-state index contributed by atoms with van der Waals surface area (Å²) in [7, 11) is 0. The van der Waals surface area contributed by atoms with Gasteiger partial charge in [0.05, 0.1) is 6.54 Å². The number of piperidine rings is 1. The number of nitrogens with zero attached hydrogens (tertiary/aromatic N) is 1. The SMILES string of the molecule is FC1(F)CCCN(c2ccc3c(c2)OCCO3)C1. The third kappa shape index (κ3) is 2.21. The molecule has 0 radical (unpaired) electrons. The molecule has 2 aliphatic heterocycles. The summed E-state index contributed by atoms with van der Waals surface area (Å²) >= 11 is 0. The van der Waals surface area contributed by atoms with E-state index in [0.29, 0.717) is 37.7 Å². The average Bonchev–Trinajstić information content (AvgIpc) is 2.37. The highest BCUT2D eigenvalue weighted by atomic mass is 19.3. The minimum absolute atomic E-state index is 0.0198. The number of anilines is 1. The van der Waals surface area contributed by atoms with Crippen LogP contribution in [0.1, 0.15) is 12.8 Å². The maximum Gasteiger partial charge on any atom is 0.265 e. The fourth-order valence-electron chi connectivity index (χ4n) is 2.42. The van der Waals surface area contributed by atoms with Crippen LogP contribution in [-0.4, -0.2) is 32.2 Å². The molecule has 0 spiro atoms. The lowest BCUT2D eigenvalue weighted by Crippen LogP contribution is -2.42. The number of hydrogen-bond acceptors (Lipinski definition) is 3. The molecule has 0 N–H and O–H groups in total. The normalized spacial score (nSPS) is 21.8. The number of hydrogen-bond donors (Lipinski definition) is 0. The van der Waals surface area contributed by atoms with E-state index in [4.69, 9.17) is 9.47 Å². The van der Waals surface area contributed by atoms with Gasteiger partial charge in [-0.2, -0.15) is 0 Å². The van der Waals surface area contributed by atoms with Crippen LogP contribution in [0.15, 0.2) is 18.2 Å². The van der Waals surface area contributed by atoms with Crippen LogP contribution < -0.4 is 14.4 Å². The van der Waals surface area contributed by atoms with Gasteiger partial charge in [0.2, 0.25) is 0 Å². The van der Waals surface area contributed by atoms with Gasteiger partial charge in [-0.05, 0) is 18.6 Å². The third-order valence-corrected chi connectivity index (χ3v) is 3.28. The van der Waals surface area contributed by atoms with Crippen LogP contribution in [-0.2, 0) is 0 Å². The Kier molecular flexibility index (Phi) is 2.76. The van der Waals surface area contributed by atoms with Crippen molar-refractivity contribution in [2.45, 2.75) is 18.8 Å². The van der Waals surface area contributed by atoms with Gasteiger partial charge in [-0.3, -0.25) is 0 Å². The molecule has 0 unspecified atom stereocenters. The number of benzene rings is 1. The van der Waals surface area contributed by atoms with Gasteiger partial charge in [0.15, 0.2) is 11.5 Å². The van der Waals surface area contributed by atoms with E-state index in [2.05, 4.69) is 0 Å². The summed E-state index contributed by atoms with van der Waals surface area (Å²) in [6, 6.07) is 5.39. The van der Waals surface area contributed by atoms with E-state index in [1.165, 1.54) is 0 Å². The summed E-state index contributed by atoms with van der Waals surface area (Å²) in [5.74, 6) is -1.26. The van der Waals surface area contributed by atoms with Crippen LogP contribution >= 0.6 is 0 Å². The zero-order chi connectivity index (χ0) is 12.6. The van der Waals surface area contributed by atoms with Crippen molar-refractivity contribution in [3.05, 3.63) is 18.2 Å². The predicted octanol–water partition coefficient (Wildman–Crippen LogP) is 2.69. The Labute approximate surface area is 104 Å². The van der Waals surface area contributed by atoms with E-state index in [1.54, 1.807) is 17.0 Å². The Morgan fingerprint density at radius 2 is 1.89 bits per heavy atom. The molecule has 0 aliphatic carbocycles. The van der Waals surface area contributed by atoms with Gasteiger partial charge in [-0.15, -0.1) is 0 Å². The molecule has 1 aromatic carbocycles. The summed E-state index contributed by atoms with van der Waals surface area (Å²) in [4.78, 5) is 1.71. The van der Waals surface area contributed by atoms with Crippen molar-refractivity contribution < 1.29 is 18.3 Å². The van der Waals surface area contributed by atoms with Crippen LogP contribution in [0.2, 0.25) is 0 Å². The third-order valence-electron chi connectivity index (χ3n) is 3.28. The van der Waals surface area contributed by atoms with Gasteiger partial charge in [0.25, 0.3) is 5.92 Å². The highest BCUT2D eigenvalue weighted by Gasteiger charge is 2.35. The molecule has 5 heteroatoms. The topological polar surface area (TPSA) is 21.7 Å². The molecule has 0 bridgehead atoms. The molecule has 1 saturated heterocycles. The fourth-order valence-corrected chi connectivity index (χ4v) is 2.42. The maximum atomic E-state index is 13.4. The van der Waals surface area contributed by atoms with E-state index in [1.807, 2.05) is 6.07 Å². The fraction of sp³-hybridized carbons (Fsp3) is 0.538. The van der Waals surface area contributed by atoms with Crippen LogP contribution in [0.3, 0.4) is 0 Å². The molecule has 0 amide bonds. The summed E-state index contributed by atoms with van der Waals surface area (Å²) in [6.45, 7) is 1.49. The molecule has 0 atom stereocenters. The lowest BCUT2D eigenvalue weighted by Gasteiger charge is -2.34. The zero-order valence-corrected chi connectivity index (χ0v) is 9.99. The van der Waals surface area contributed by atoms with Crippen molar-refractivity contribution >= 4 is 5.69 Å². The summed E-state index contributed by atoms with van der Waals surface area (Å²) in [5.41, 5.74) is 0.777. The first kappa shape index (κ1) is 11.6. The van der Waals surface area contributed by atoms with Crippen molar-refractivity contribution in [2.24, 2.45) is 0 Å². The zero-order valence-electron chi connectivity index (χ0n) is 9.99. The molecule has 0 aromatic heterocycles. The summed E-state index contributed by atoms with van der Waals surface area (Å²) in [6.07, 6.45) is 0.496. The second-order valence-electron chi connectivity index (χ2n) is 4.71. The van der Waals surface area contributed by atoms with Crippen molar-refractivity contribution in [2.75, 3.05) is 31.2 Å². The van der Waals surface area contributed by atoms with Gasteiger partial charge in [-0.25, -0.2) is 8.78 Å². The number of fused-ring (bicyclic) bond motifs is 1. The predicted molar refractivity (Wildman–Crippen MR) is 63.8 cm³/mol. The average molecular weight is 255 g/mol. The van der Waals surface area contributed by atoms with Gasteiger partial charge in [-0.1, -0.05) is 0 Å². The first-order valence-electron chi connectivity index (χ1n) is 6.16. The van der Waals surface area contributed by atoms with Crippen LogP contribution in [0.25, 0.3) is 0 Å². The van der Waals surface area contributed by atoms with Crippen molar-refractivity contribution in [3.8, 4) is 11.5 Å². The molecule has 98 valence electrons. The molecule has 1 aromatic rings. The van der Waals surface area contributed by atoms with E-state index < -0.39 is 5.92 Å². The Balaban J connectivity index is 1.83. The number of alkyl halides is 2.